The topological polar surface area (TPSA) is 50.8 Å². The Balaban J connectivity index is 2.02. The van der Waals surface area contributed by atoms with Crippen LogP contribution in [0.1, 0.15) is 44.0 Å². The number of halogens is 1. The molecule has 0 aliphatic rings. The molecule has 1 aromatic heterocycles. The molecule has 21 heavy (non-hydrogen) atoms. The summed E-state index contributed by atoms with van der Waals surface area (Å²) in [4.78, 5) is 0. The summed E-state index contributed by atoms with van der Waals surface area (Å²) in [7, 11) is 0. The first-order valence-corrected chi connectivity index (χ1v) is 7.42. The minimum Gasteiger partial charge on any atom is -0.486 e. The van der Waals surface area contributed by atoms with Crippen molar-refractivity contribution in [2.24, 2.45) is 0 Å². The van der Waals surface area contributed by atoms with Crippen LogP contribution < -0.4 is 4.74 Å². The van der Waals surface area contributed by atoms with Gasteiger partial charge in [0.25, 0.3) is 0 Å². The van der Waals surface area contributed by atoms with Crippen molar-refractivity contribution in [3.8, 4) is 11.8 Å². The summed E-state index contributed by atoms with van der Waals surface area (Å²) in [6.45, 7) is 4.67. The van der Waals surface area contributed by atoms with Gasteiger partial charge in [0.05, 0.1) is 28.4 Å². The Labute approximate surface area is 129 Å². The van der Waals surface area contributed by atoms with E-state index in [0.29, 0.717) is 29.0 Å². The predicted molar refractivity (Wildman–Crippen MR) is 82.3 cm³/mol. The van der Waals surface area contributed by atoms with E-state index in [0.717, 1.165) is 18.5 Å². The third kappa shape index (κ3) is 3.77. The zero-order valence-electron chi connectivity index (χ0n) is 12.2. The van der Waals surface area contributed by atoms with Gasteiger partial charge in [-0.15, -0.1) is 0 Å². The number of nitrogens with zero attached hydrogens (tertiary/aromatic N) is 3. The number of hydrogen-bond donors (Lipinski definition) is 0. The molecule has 0 aliphatic carbocycles. The van der Waals surface area contributed by atoms with Crippen LogP contribution in [0.15, 0.2) is 30.5 Å². The highest BCUT2D eigenvalue weighted by molar-refractivity contribution is 6.32. The van der Waals surface area contributed by atoms with Gasteiger partial charge in [-0.25, -0.2) is 0 Å². The van der Waals surface area contributed by atoms with Crippen molar-refractivity contribution in [2.75, 3.05) is 0 Å². The lowest BCUT2D eigenvalue weighted by Gasteiger charge is -2.12. The zero-order chi connectivity index (χ0) is 15.2. The van der Waals surface area contributed by atoms with Crippen molar-refractivity contribution in [2.45, 2.75) is 39.3 Å². The van der Waals surface area contributed by atoms with Crippen molar-refractivity contribution >= 4 is 11.6 Å². The molecule has 0 amide bonds. The fourth-order valence-corrected chi connectivity index (χ4v) is 2.39. The molecule has 2 aromatic rings. The van der Waals surface area contributed by atoms with Gasteiger partial charge in [-0.1, -0.05) is 25.4 Å². The Morgan fingerprint density at radius 3 is 2.71 bits per heavy atom. The van der Waals surface area contributed by atoms with E-state index < -0.39 is 0 Å². The Morgan fingerprint density at radius 2 is 2.10 bits per heavy atom. The monoisotopic (exact) mass is 303 g/mol. The smallest absolute Gasteiger partial charge is 0.138 e. The Kier molecular flexibility index (Phi) is 5.24. The highest BCUT2D eigenvalue weighted by Gasteiger charge is 2.09. The minimum atomic E-state index is 0.360. The largest absolute Gasteiger partial charge is 0.486 e. The van der Waals surface area contributed by atoms with E-state index in [1.165, 1.54) is 0 Å². The standard InChI is InChI=1S/C16H18ClN3O/c1-3-14(4-2)20-8-7-13(19-20)11-21-16-6-5-12(10-18)9-15(16)17/h5-9,14H,3-4,11H2,1-2H3. The predicted octanol–water partition coefficient (Wildman–Crippen LogP) is 4.35. The molecular formula is C16H18ClN3O. The summed E-state index contributed by atoms with van der Waals surface area (Å²) >= 11 is 6.07. The van der Waals surface area contributed by atoms with Crippen LogP contribution in [0, 0.1) is 11.3 Å². The fraction of sp³-hybridized carbons (Fsp3) is 0.375. The first-order valence-electron chi connectivity index (χ1n) is 7.04. The van der Waals surface area contributed by atoms with E-state index in [2.05, 4.69) is 18.9 Å². The fourth-order valence-electron chi connectivity index (χ4n) is 2.16. The second kappa shape index (κ2) is 7.14. The second-order valence-corrected chi connectivity index (χ2v) is 5.21. The van der Waals surface area contributed by atoms with Gasteiger partial charge >= 0.3 is 0 Å². The number of rotatable bonds is 6. The maximum Gasteiger partial charge on any atom is 0.138 e. The van der Waals surface area contributed by atoms with Crippen molar-refractivity contribution in [3.05, 3.63) is 46.7 Å². The van der Waals surface area contributed by atoms with Gasteiger partial charge in [-0.3, -0.25) is 4.68 Å². The SMILES string of the molecule is CCC(CC)n1ccc(COc2ccc(C#N)cc2Cl)n1. The number of ether oxygens (including phenoxy) is 1. The molecule has 0 N–H and O–H groups in total. The highest BCUT2D eigenvalue weighted by Crippen LogP contribution is 2.26. The van der Waals surface area contributed by atoms with Crippen LogP contribution in [-0.4, -0.2) is 9.78 Å². The first-order chi connectivity index (χ1) is 10.2. The van der Waals surface area contributed by atoms with Gasteiger partial charge in [0.2, 0.25) is 0 Å². The van der Waals surface area contributed by atoms with Crippen LogP contribution >= 0.6 is 11.6 Å². The summed E-state index contributed by atoms with van der Waals surface area (Å²) < 4.78 is 7.65. The molecule has 0 spiro atoms. The van der Waals surface area contributed by atoms with Crippen LogP contribution in [0.5, 0.6) is 5.75 Å². The number of benzene rings is 1. The molecule has 110 valence electrons. The average Bonchev–Trinajstić information content (AvgIpc) is 2.96. The van der Waals surface area contributed by atoms with Gasteiger partial charge in [0.15, 0.2) is 0 Å². The summed E-state index contributed by atoms with van der Waals surface area (Å²) in [5, 5.41) is 13.8. The molecule has 1 heterocycles. The van der Waals surface area contributed by atoms with E-state index in [-0.39, 0.29) is 0 Å². The normalized spacial score (nSPS) is 10.6. The molecule has 2 rings (SSSR count). The molecule has 0 saturated heterocycles. The van der Waals surface area contributed by atoms with Crippen LogP contribution in [0.25, 0.3) is 0 Å². The first kappa shape index (κ1) is 15.4. The molecule has 0 aliphatic heterocycles. The van der Waals surface area contributed by atoms with Gasteiger partial charge in [-0.2, -0.15) is 10.4 Å². The van der Waals surface area contributed by atoms with Gasteiger partial charge in [0.1, 0.15) is 12.4 Å². The van der Waals surface area contributed by atoms with Crippen molar-refractivity contribution in [3.63, 3.8) is 0 Å². The molecule has 0 radical (unpaired) electrons. The van der Waals surface area contributed by atoms with Crippen molar-refractivity contribution < 1.29 is 4.74 Å². The van der Waals surface area contributed by atoms with E-state index in [1.807, 2.05) is 23.0 Å². The summed E-state index contributed by atoms with van der Waals surface area (Å²) in [6, 6.07) is 9.41. The Bertz CT molecular complexity index is 641. The molecular weight excluding hydrogens is 286 g/mol. The van der Waals surface area contributed by atoms with E-state index in [4.69, 9.17) is 21.6 Å². The lowest BCUT2D eigenvalue weighted by molar-refractivity contribution is 0.297. The van der Waals surface area contributed by atoms with Crippen LogP contribution in [0.4, 0.5) is 0 Å². The van der Waals surface area contributed by atoms with Crippen LogP contribution in [0.3, 0.4) is 0 Å². The molecule has 5 heteroatoms. The molecule has 1 aromatic carbocycles. The Hall–Kier alpha value is -1.99. The van der Waals surface area contributed by atoms with Gasteiger partial charge < -0.3 is 4.74 Å². The zero-order valence-corrected chi connectivity index (χ0v) is 13.0. The number of nitriles is 1. The minimum absolute atomic E-state index is 0.360. The summed E-state index contributed by atoms with van der Waals surface area (Å²) in [5.74, 6) is 0.563. The van der Waals surface area contributed by atoms with Crippen molar-refractivity contribution in [1.82, 2.24) is 9.78 Å². The van der Waals surface area contributed by atoms with E-state index in [9.17, 15) is 0 Å². The highest BCUT2D eigenvalue weighted by atomic mass is 35.5. The quantitative estimate of drug-likeness (QED) is 0.797. The van der Waals surface area contributed by atoms with E-state index >= 15 is 0 Å². The van der Waals surface area contributed by atoms with Crippen LogP contribution in [-0.2, 0) is 6.61 Å². The lowest BCUT2D eigenvalue weighted by atomic mass is 10.2. The summed E-state index contributed by atoms with van der Waals surface area (Å²) in [5.41, 5.74) is 1.38. The molecule has 0 fully saturated rings. The molecule has 0 unspecified atom stereocenters. The third-order valence-electron chi connectivity index (χ3n) is 3.42. The van der Waals surface area contributed by atoms with Crippen molar-refractivity contribution in [1.29, 1.82) is 5.26 Å². The van der Waals surface area contributed by atoms with Gasteiger partial charge in [0, 0.05) is 6.20 Å². The van der Waals surface area contributed by atoms with E-state index in [1.54, 1.807) is 18.2 Å². The third-order valence-corrected chi connectivity index (χ3v) is 3.71. The molecule has 4 nitrogen and oxygen atoms in total. The van der Waals surface area contributed by atoms with Gasteiger partial charge in [-0.05, 0) is 37.1 Å². The maximum atomic E-state index is 8.80. The number of hydrogen-bond acceptors (Lipinski definition) is 3. The molecule has 0 saturated carbocycles. The molecule has 0 atom stereocenters. The van der Waals surface area contributed by atoms with Crippen LogP contribution in [0.2, 0.25) is 5.02 Å². The number of aromatic nitrogens is 2. The second-order valence-electron chi connectivity index (χ2n) is 4.80. The lowest BCUT2D eigenvalue weighted by Crippen LogP contribution is -2.08. The Morgan fingerprint density at radius 1 is 1.33 bits per heavy atom. The molecule has 0 bridgehead atoms. The summed E-state index contributed by atoms with van der Waals surface area (Å²) in [6.07, 6.45) is 4.09. The maximum absolute atomic E-state index is 8.80. The average molecular weight is 304 g/mol.